The molecule has 0 spiro atoms. The van der Waals surface area contributed by atoms with E-state index in [1.54, 1.807) is 0 Å². The molecule has 2 N–H and O–H groups in total. The van der Waals surface area contributed by atoms with E-state index in [0.717, 1.165) is 6.42 Å². The van der Waals surface area contributed by atoms with Gasteiger partial charge in [0.1, 0.15) is 6.04 Å². The average Bonchev–Trinajstić information content (AvgIpc) is 2.73. The zero-order valence-corrected chi connectivity index (χ0v) is 10.4. The smallest absolute Gasteiger partial charge is 0.326 e. The molecule has 0 radical (unpaired) electrons. The van der Waals surface area contributed by atoms with E-state index < -0.39 is 12.0 Å². The molecule has 1 amide bonds. The van der Waals surface area contributed by atoms with Crippen molar-refractivity contribution >= 4 is 11.9 Å². The van der Waals surface area contributed by atoms with Gasteiger partial charge in [-0.25, -0.2) is 4.79 Å². The van der Waals surface area contributed by atoms with Crippen LogP contribution < -0.4 is 5.32 Å². The Labute approximate surface area is 96.4 Å². The van der Waals surface area contributed by atoms with E-state index in [9.17, 15) is 9.59 Å². The molecule has 0 aromatic heterocycles. The molecule has 1 saturated carbocycles. The number of rotatable bonds is 5. The second-order valence-electron chi connectivity index (χ2n) is 5.77. The lowest BCUT2D eigenvalue weighted by atomic mass is 10.0. The third-order valence-corrected chi connectivity index (χ3v) is 3.15. The molecule has 4 nitrogen and oxygen atoms in total. The van der Waals surface area contributed by atoms with Gasteiger partial charge >= 0.3 is 5.97 Å². The molecule has 1 fully saturated rings. The first-order valence-electron chi connectivity index (χ1n) is 5.77. The molecule has 1 rings (SSSR count). The molecule has 16 heavy (non-hydrogen) atoms. The maximum atomic E-state index is 11.7. The van der Waals surface area contributed by atoms with Gasteiger partial charge in [0.15, 0.2) is 0 Å². The van der Waals surface area contributed by atoms with Gasteiger partial charge in [-0.2, -0.15) is 0 Å². The number of aliphatic carboxylic acids is 1. The van der Waals surface area contributed by atoms with Crippen molar-refractivity contribution in [2.75, 3.05) is 0 Å². The summed E-state index contributed by atoms with van der Waals surface area (Å²) < 4.78 is 0. The minimum Gasteiger partial charge on any atom is -0.480 e. The largest absolute Gasteiger partial charge is 0.480 e. The maximum absolute atomic E-state index is 11.7. The number of hydrogen-bond donors (Lipinski definition) is 2. The van der Waals surface area contributed by atoms with Crippen LogP contribution in [0.2, 0.25) is 0 Å². The van der Waals surface area contributed by atoms with Crippen molar-refractivity contribution in [1.29, 1.82) is 0 Å². The first-order valence-corrected chi connectivity index (χ1v) is 5.77. The Balaban J connectivity index is 2.49. The van der Waals surface area contributed by atoms with Gasteiger partial charge in [-0.1, -0.05) is 27.7 Å². The number of carbonyl (C=O) groups is 2. The van der Waals surface area contributed by atoms with Crippen LogP contribution in [0.4, 0.5) is 0 Å². The lowest BCUT2D eigenvalue weighted by molar-refractivity contribution is -0.142. The van der Waals surface area contributed by atoms with Crippen LogP contribution in [0.1, 0.15) is 40.5 Å². The average molecular weight is 227 g/mol. The van der Waals surface area contributed by atoms with Crippen LogP contribution in [0.3, 0.4) is 0 Å². The van der Waals surface area contributed by atoms with Crippen molar-refractivity contribution in [2.24, 2.45) is 17.3 Å². The molecular formula is C12H21NO3. The number of amides is 1. The van der Waals surface area contributed by atoms with Gasteiger partial charge in [0.25, 0.3) is 0 Å². The van der Waals surface area contributed by atoms with Crippen LogP contribution in [0.25, 0.3) is 0 Å². The first-order chi connectivity index (χ1) is 7.24. The molecule has 0 aromatic carbocycles. The van der Waals surface area contributed by atoms with Crippen LogP contribution in [0.5, 0.6) is 0 Å². The summed E-state index contributed by atoms with van der Waals surface area (Å²) in [7, 11) is 0. The Kier molecular flexibility index (Phi) is 3.61. The highest BCUT2D eigenvalue weighted by molar-refractivity contribution is 5.87. The molecular weight excluding hydrogens is 206 g/mol. The van der Waals surface area contributed by atoms with Crippen molar-refractivity contribution in [3.8, 4) is 0 Å². The number of carboxylic acid groups (broad SMARTS) is 1. The second kappa shape index (κ2) is 4.44. The molecule has 1 aliphatic rings. The zero-order chi connectivity index (χ0) is 12.5. The third-order valence-electron chi connectivity index (χ3n) is 3.15. The molecule has 0 heterocycles. The quantitative estimate of drug-likeness (QED) is 0.750. The molecule has 2 atom stereocenters. The van der Waals surface area contributed by atoms with Gasteiger partial charge in [0, 0.05) is 5.92 Å². The Morgan fingerprint density at radius 3 is 2.25 bits per heavy atom. The summed E-state index contributed by atoms with van der Waals surface area (Å²) in [5.74, 6) is -0.811. The van der Waals surface area contributed by atoms with Gasteiger partial charge < -0.3 is 10.4 Å². The fourth-order valence-electron chi connectivity index (χ4n) is 1.88. The van der Waals surface area contributed by atoms with Crippen molar-refractivity contribution < 1.29 is 14.7 Å². The number of nitrogens with one attached hydrogen (secondary N) is 1. The van der Waals surface area contributed by atoms with Crippen molar-refractivity contribution in [1.82, 2.24) is 5.32 Å². The minimum absolute atomic E-state index is 0.0125. The van der Waals surface area contributed by atoms with Gasteiger partial charge in [-0.15, -0.1) is 0 Å². The number of carbonyl (C=O) groups excluding carboxylic acids is 1. The Morgan fingerprint density at radius 1 is 1.44 bits per heavy atom. The van der Waals surface area contributed by atoms with Crippen LogP contribution in [-0.2, 0) is 9.59 Å². The second-order valence-corrected chi connectivity index (χ2v) is 5.77. The summed E-state index contributed by atoms with van der Waals surface area (Å²) in [5.41, 5.74) is 0.0466. The lowest BCUT2D eigenvalue weighted by Crippen LogP contribution is -2.42. The Morgan fingerprint density at radius 2 is 1.94 bits per heavy atom. The van der Waals surface area contributed by atoms with Crippen molar-refractivity contribution in [3.63, 3.8) is 0 Å². The molecule has 0 saturated heterocycles. The summed E-state index contributed by atoms with van der Waals surface area (Å²) in [5, 5.41) is 11.6. The highest BCUT2D eigenvalue weighted by Gasteiger charge is 2.51. The summed E-state index contributed by atoms with van der Waals surface area (Å²) >= 11 is 0. The Bertz CT molecular complexity index is 297. The van der Waals surface area contributed by atoms with E-state index >= 15 is 0 Å². The van der Waals surface area contributed by atoms with Gasteiger partial charge in [-0.05, 0) is 24.2 Å². The van der Waals surface area contributed by atoms with Gasteiger partial charge in [-0.3, -0.25) is 4.79 Å². The van der Waals surface area contributed by atoms with Crippen LogP contribution in [0.15, 0.2) is 0 Å². The summed E-state index contributed by atoms with van der Waals surface area (Å²) in [6.07, 6.45) is 1.33. The topological polar surface area (TPSA) is 66.4 Å². The van der Waals surface area contributed by atoms with Gasteiger partial charge in [0.2, 0.25) is 5.91 Å². The van der Waals surface area contributed by atoms with Crippen LogP contribution in [0, 0.1) is 17.3 Å². The third kappa shape index (κ3) is 3.22. The lowest BCUT2D eigenvalue weighted by Gasteiger charge is -2.16. The minimum atomic E-state index is -0.944. The van der Waals surface area contributed by atoms with Crippen LogP contribution >= 0.6 is 0 Å². The van der Waals surface area contributed by atoms with Crippen molar-refractivity contribution in [3.05, 3.63) is 0 Å². The number of carboxylic acids is 1. The SMILES string of the molecule is CC(C)C[C@@H](NC(=O)[C@H]1CC1(C)C)C(=O)O. The normalized spacial score (nSPS) is 23.9. The fraction of sp³-hybridized carbons (Fsp3) is 0.833. The molecule has 0 unspecified atom stereocenters. The van der Waals surface area contributed by atoms with E-state index in [0.29, 0.717) is 6.42 Å². The predicted molar refractivity (Wildman–Crippen MR) is 60.9 cm³/mol. The summed E-state index contributed by atoms with van der Waals surface area (Å²) in [6, 6.07) is -0.746. The van der Waals surface area contributed by atoms with Gasteiger partial charge in [0.05, 0.1) is 0 Å². The molecule has 92 valence electrons. The molecule has 1 aliphatic carbocycles. The monoisotopic (exact) mass is 227 g/mol. The summed E-state index contributed by atoms with van der Waals surface area (Å²) in [6.45, 7) is 7.94. The van der Waals surface area contributed by atoms with E-state index in [2.05, 4.69) is 5.32 Å². The molecule has 0 aromatic rings. The Hall–Kier alpha value is -1.06. The van der Waals surface area contributed by atoms with E-state index in [1.807, 2.05) is 27.7 Å². The summed E-state index contributed by atoms with van der Waals surface area (Å²) in [4.78, 5) is 22.7. The molecule has 0 bridgehead atoms. The maximum Gasteiger partial charge on any atom is 0.326 e. The fourth-order valence-corrected chi connectivity index (χ4v) is 1.88. The highest BCUT2D eigenvalue weighted by atomic mass is 16.4. The number of hydrogen-bond acceptors (Lipinski definition) is 2. The zero-order valence-electron chi connectivity index (χ0n) is 10.4. The standard InChI is InChI=1S/C12H21NO3/c1-7(2)5-9(11(15)16)13-10(14)8-6-12(8,3)4/h7-9H,5-6H2,1-4H3,(H,13,14)(H,15,16)/t8-,9-/m1/s1. The van der Waals surface area contributed by atoms with Crippen LogP contribution in [-0.4, -0.2) is 23.0 Å². The van der Waals surface area contributed by atoms with Crippen molar-refractivity contribution in [2.45, 2.75) is 46.6 Å². The van der Waals surface area contributed by atoms with E-state index in [4.69, 9.17) is 5.11 Å². The van der Waals surface area contributed by atoms with E-state index in [-0.39, 0.29) is 23.2 Å². The molecule has 0 aliphatic heterocycles. The highest BCUT2D eigenvalue weighted by Crippen LogP contribution is 2.51. The molecule has 4 heteroatoms. The first kappa shape index (κ1) is 13.0. The predicted octanol–water partition coefficient (Wildman–Crippen LogP) is 1.65. The van der Waals surface area contributed by atoms with E-state index in [1.165, 1.54) is 0 Å².